The Hall–Kier alpha value is -0.0400. The molecule has 0 spiro atoms. The third-order valence-corrected chi connectivity index (χ3v) is 9.99. The predicted octanol–water partition coefficient (Wildman–Crippen LogP) is 13.3. The summed E-state index contributed by atoms with van der Waals surface area (Å²) in [5, 5.41) is 0. The van der Waals surface area contributed by atoms with Gasteiger partial charge in [0.15, 0.2) is 0 Å². The summed E-state index contributed by atoms with van der Waals surface area (Å²) in [6, 6.07) is 0. The zero-order valence-electron chi connectivity index (χ0n) is 27.9. The third kappa shape index (κ3) is 24.3. The van der Waals surface area contributed by atoms with E-state index in [1.165, 1.54) is 236 Å². The zero-order valence-corrected chi connectivity index (χ0v) is 27.9. The largest absolute Gasteiger partial charge is 0.324 e. The predicted molar refractivity (Wildman–Crippen MR) is 179 cm³/mol. The Morgan fingerprint density at radius 2 is 0.487 bits per heavy atom. The zero-order chi connectivity index (χ0) is 28.0. The smallest absolute Gasteiger partial charge is 0.0788 e. The fourth-order valence-corrected chi connectivity index (χ4v) is 7.20. The molecular formula is C38H78N+. The van der Waals surface area contributed by atoms with Gasteiger partial charge < -0.3 is 4.48 Å². The van der Waals surface area contributed by atoms with E-state index in [-0.39, 0.29) is 0 Å². The molecular weight excluding hydrogens is 470 g/mol. The van der Waals surface area contributed by atoms with Gasteiger partial charge in [-0.25, -0.2) is 0 Å². The molecule has 0 atom stereocenters. The maximum atomic E-state index is 2.31. The first-order valence-electron chi connectivity index (χ1n) is 19.2. The molecule has 1 fully saturated rings. The van der Waals surface area contributed by atoms with Crippen molar-refractivity contribution >= 4 is 0 Å². The van der Waals surface area contributed by atoms with Crippen molar-refractivity contribution in [2.45, 2.75) is 219 Å². The minimum Gasteiger partial charge on any atom is -0.324 e. The summed E-state index contributed by atoms with van der Waals surface area (Å²) in [5.41, 5.74) is 0. The quantitative estimate of drug-likeness (QED) is 0.0579. The van der Waals surface area contributed by atoms with Gasteiger partial charge in [-0.05, 0) is 25.7 Å². The van der Waals surface area contributed by atoms with Crippen molar-refractivity contribution in [3.8, 4) is 0 Å². The molecule has 0 unspecified atom stereocenters. The Balaban J connectivity index is 1.85. The second-order valence-corrected chi connectivity index (χ2v) is 13.8. The van der Waals surface area contributed by atoms with Crippen molar-refractivity contribution in [1.29, 1.82) is 0 Å². The van der Waals surface area contributed by atoms with E-state index in [2.05, 4.69) is 13.8 Å². The molecule has 1 aliphatic heterocycles. The summed E-state index contributed by atoms with van der Waals surface area (Å²) >= 11 is 0. The molecule has 0 aromatic heterocycles. The van der Waals surface area contributed by atoms with Gasteiger partial charge in [-0.1, -0.05) is 181 Å². The van der Waals surface area contributed by atoms with E-state index < -0.39 is 0 Å². The number of quaternary nitrogens is 1. The topological polar surface area (TPSA) is 0 Å². The average Bonchev–Trinajstić information content (AvgIpc) is 3.42. The highest BCUT2D eigenvalue weighted by Gasteiger charge is 2.30. The molecule has 1 heterocycles. The summed E-state index contributed by atoms with van der Waals surface area (Å²) in [6.45, 7) is 10.6. The van der Waals surface area contributed by atoms with Gasteiger partial charge in [-0.2, -0.15) is 0 Å². The van der Waals surface area contributed by atoms with Crippen molar-refractivity contribution in [3.05, 3.63) is 0 Å². The maximum absolute atomic E-state index is 2.31. The lowest BCUT2D eigenvalue weighted by atomic mass is 10.0. The van der Waals surface area contributed by atoms with E-state index in [4.69, 9.17) is 0 Å². The van der Waals surface area contributed by atoms with Crippen LogP contribution in [0.1, 0.15) is 219 Å². The molecule has 0 amide bonds. The molecule has 1 aliphatic rings. The van der Waals surface area contributed by atoms with Crippen LogP contribution < -0.4 is 0 Å². The van der Waals surface area contributed by atoms with Crippen LogP contribution in [0.15, 0.2) is 0 Å². The van der Waals surface area contributed by atoms with Crippen molar-refractivity contribution in [1.82, 2.24) is 0 Å². The summed E-state index contributed by atoms with van der Waals surface area (Å²) < 4.78 is 1.50. The molecule has 39 heavy (non-hydrogen) atoms. The van der Waals surface area contributed by atoms with E-state index in [9.17, 15) is 0 Å². The first-order valence-corrected chi connectivity index (χ1v) is 19.2. The first-order chi connectivity index (χ1) is 19.3. The van der Waals surface area contributed by atoms with Gasteiger partial charge in [-0.3, -0.25) is 0 Å². The van der Waals surface area contributed by atoms with Gasteiger partial charge in [0.2, 0.25) is 0 Å². The number of nitrogens with zero attached hydrogens (tertiary/aromatic N) is 1. The Bertz CT molecular complexity index is 452. The number of hydrogen-bond acceptors (Lipinski definition) is 0. The number of unbranched alkanes of at least 4 members (excludes halogenated alkanes) is 28. The molecule has 0 radical (unpaired) electrons. The highest BCUT2D eigenvalue weighted by molar-refractivity contribution is 4.58. The lowest BCUT2D eigenvalue weighted by Crippen LogP contribution is -2.46. The van der Waals surface area contributed by atoms with Crippen LogP contribution in [0.4, 0.5) is 0 Å². The minimum absolute atomic E-state index is 1.37. The molecule has 1 saturated heterocycles. The van der Waals surface area contributed by atoms with Crippen molar-refractivity contribution in [2.75, 3.05) is 26.2 Å². The lowest BCUT2D eigenvalue weighted by molar-refractivity contribution is -0.917. The molecule has 1 rings (SSSR count). The molecule has 0 aromatic rings. The molecule has 0 bridgehead atoms. The summed E-state index contributed by atoms with van der Waals surface area (Å²) in [6.07, 6.45) is 47.4. The van der Waals surface area contributed by atoms with Crippen LogP contribution >= 0.6 is 0 Å². The monoisotopic (exact) mass is 549 g/mol. The lowest BCUT2D eigenvalue weighted by Gasteiger charge is -2.34. The summed E-state index contributed by atoms with van der Waals surface area (Å²) in [5.74, 6) is 0. The van der Waals surface area contributed by atoms with Crippen LogP contribution in [0.2, 0.25) is 0 Å². The molecule has 1 nitrogen and oxygen atoms in total. The standard InChI is InChI=1S/C38H78N/c1-3-5-7-9-11-13-15-17-18-19-20-22-24-26-28-30-32-36-39(37-33-34-38-39)35-31-29-27-25-23-21-16-14-12-10-8-6-4-2/h3-38H2,1-2H3/q+1. The highest BCUT2D eigenvalue weighted by atomic mass is 15.4. The fraction of sp³-hybridized carbons (Fsp3) is 1.00. The van der Waals surface area contributed by atoms with Crippen molar-refractivity contribution in [2.24, 2.45) is 0 Å². The van der Waals surface area contributed by atoms with Gasteiger partial charge >= 0.3 is 0 Å². The third-order valence-electron chi connectivity index (χ3n) is 9.99. The molecule has 1 heteroatoms. The Labute approximate surface area is 249 Å². The molecule has 0 aromatic carbocycles. The minimum atomic E-state index is 1.37. The van der Waals surface area contributed by atoms with Crippen LogP contribution in [-0.2, 0) is 0 Å². The van der Waals surface area contributed by atoms with E-state index in [0.29, 0.717) is 0 Å². The van der Waals surface area contributed by atoms with Crippen molar-refractivity contribution < 1.29 is 4.48 Å². The summed E-state index contributed by atoms with van der Waals surface area (Å²) in [4.78, 5) is 0. The van der Waals surface area contributed by atoms with E-state index >= 15 is 0 Å². The van der Waals surface area contributed by atoms with Crippen LogP contribution in [0.25, 0.3) is 0 Å². The van der Waals surface area contributed by atoms with Crippen LogP contribution in [0.3, 0.4) is 0 Å². The second-order valence-electron chi connectivity index (χ2n) is 13.8. The van der Waals surface area contributed by atoms with E-state index in [1.54, 1.807) is 0 Å². The number of likely N-dealkylation sites (tertiary alicyclic amines) is 1. The maximum Gasteiger partial charge on any atom is 0.0788 e. The van der Waals surface area contributed by atoms with E-state index in [1.807, 2.05) is 0 Å². The first kappa shape index (κ1) is 37.0. The molecule has 0 saturated carbocycles. The summed E-state index contributed by atoms with van der Waals surface area (Å²) in [7, 11) is 0. The number of rotatable bonds is 32. The fourth-order valence-electron chi connectivity index (χ4n) is 7.20. The SMILES string of the molecule is CCCCCCCCCCCCCCCCCCC[N+]1(CCCCCCCCCCCCCCC)CCCC1. The Kier molecular flexibility index (Phi) is 27.9. The van der Waals surface area contributed by atoms with Crippen LogP contribution in [-0.4, -0.2) is 30.7 Å². The Morgan fingerprint density at radius 3 is 0.718 bits per heavy atom. The number of hydrogen-bond donors (Lipinski definition) is 0. The van der Waals surface area contributed by atoms with Crippen LogP contribution in [0, 0.1) is 0 Å². The van der Waals surface area contributed by atoms with Gasteiger partial charge in [0, 0.05) is 12.8 Å². The molecule has 0 N–H and O–H groups in total. The van der Waals surface area contributed by atoms with Gasteiger partial charge in [-0.15, -0.1) is 0 Å². The van der Waals surface area contributed by atoms with Crippen LogP contribution in [0.5, 0.6) is 0 Å². The Morgan fingerprint density at radius 1 is 0.282 bits per heavy atom. The second kappa shape index (κ2) is 29.5. The van der Waals surface area contributed by atoms with Gasteiger partial charge in [0.05, 0.1) is 26.2 Å². The average molecular weight is 549 g/mol. The molecule has 234 valence electrons. The van der Waals surface area contributed by atoms with Crippen molar-refractivity contribution in [3.63, 3.8) is 0 Å². The normalized spacial score (nSPS) is 14.9. The van der Waals surface area contributed by atoms with E-state index in [0.717, 1.165) is 0 Å². The van der Waals surface area contributed by atoms with Gasteiger partial charge in [0.25, 0.3) is 0 Å². The van der Waals surface area contributed by atoms with Gasteiger partial charge in [0.1, 0.15) is 0 Å². The highest BCUT2D eigenvalue weighted by Crippen LogP contribution is 2.23. The molecule has 0 aliphatic carbocycles.